The number of thiazole rings is 1. The van der Waals surface area contributed by atoms with Crippen molar-refractivity contribution in [2.45, 2.75) is 13.3 Å². The molecule has 106 valence electrons. The lowest BCUT2D eigenvalue weighted by atomic mass is 10.1. The van der Waals surface area contributed by atoms with Gasteiger partial charge in [0.25, 0.3) is 0 Å². The molecule has 0 bridgehead atoms. The number of hydrogen-bond donors (Lipinski definition) is 1. The Kier molecular flexibility index (Phi) is 3.79. The highest BCUT2D eigenvalue weighted by molar-refractivity contribution is 7.13. The van der Waals surface area contributed by atoms with E-state index in [0.29, 0.717) is 11.6 Å². The third-order valence-electron chi connectivity index (χ3n) is 2.94. The van der Waals surface area contributed by atoms with Crippen molar-refractivity contribution in [2.75, 3.05) is 5.32 Å². The number of hydrogen-bond acceptors (Lipinski definition) is 4. The Morgan fingerprint density at radius 1 is 1.33 bits per heavy atom. The molecule has 2 heterocycles. The molecule has 0 aliphatic rings. The van der Waals surface area contributed by atoms with Gasteiger partial charge in [0, 0.05) is 17.8 Å². The van der Waals surface area contributed by atoms with Crippen molar-refractivity contribution in [1.82, 2.24) is 14.8 Å². The van der Waals surface area contributed by atoms with E-state index < -0.39 is 0 Å². The Labute approximate surface area is 126 Å². The molecular weight excluding hydrogens is 284 g/mol. The maximum absolute atomic E-state index is 11.9. The van der Waals surface area contributed by atoms with Gasteiger partial charge in [-0.25, -0.2) is 9.67 Å². The van der Waals surface area contributed by atoms with Crippen LogP contribution in [0.5, 0.6) is 0 Å². The number of anilines is 1. The van der Waals surface area contributed by atoms with Gasteiger partial charge in [-0.1, -0.05) is 12.1 Å². The first-order valence-electron chi connectivity index (χ1n) is 6.51. The number of benzene rings is 1. The monoisotopic (exact) mass is 298 g/mol. The molecule has 6 heteroatoms. The number of nitrogens with one attached hydrogen (secondary N) is 1. The summed E-state index contributed by atoms with van der Waals surface area (Å²) >= 11 is 1.43. The Bertz CT molecular complexity index is 731. The van der Waals surface area contributed by atoms with E-state index in [9.17, 15) is 4.79 Å². The van der Waals surface area contributed by atoms with E-state index in [1.807, 2.05) is 48.8 Å². The molecule has 2 aromatic heterocycles. The van der Waals surface area contributed by atoms with Crippen molar-refractivity contribution >= 4 is 22.4 Å². The fourth-order valence-electron chi connectivity index (χ4n) is 1.95. The highest BCUT2D eigenvalue weighted by Crippen LogP contribution is 2.15. The Hall–Kier alpha value is -2.47. The summed E-state index contributed by atoms with van der Waals surface area (Å²) in [7, 11) is 0. The van der Waals surface area contributed by atoms with Crippen LogP contribution >= 0.6 is 11.3 Å². The van der Waals surface area contributed by atoms with Crippen molar-refractivity contribution < 1.29 is 4.79 Å². The minimum absolute atomic E-state index is 0.0591. The van der Waals surface area contributed by atoms with Gasteiger partial charge in [-0.3, -0.25) is 4.79 Å². The standard InChI is InChI=1S/C15H14N4OS/c1-11-10-21-15(17-11)18-14(20)9-12-3-5-13(6-4-12)19-8-2-7-16-19/h2-8,10H,9H2,1H3,(H,17,18,20). The van der Waals surface area contributed by atoms with Crippen LogP contribution < -0.4 is 5.32 Å². The van der Waals surface area contributed by atoms with Crippen LogP contribution in [-0.2, 0) is 11.2 Å². The Morgan fingerprint density at radius 3 is 2.76 bits per heavy atom. The Morgan fingerprint density at radius 2 is 2.14 bits per heavy atom. The van der Waals surface area contributed by atoms with Gasteiger partial charge in [-0.15, -0.1) is 11.3 Å². The van der Waals surface area contributed by atoms with E-state index in [2.05, 4.69) is 15.4 Å². The zero-order valence-electron chi connectivity index (χ0n) is 11.5. The average molecular weight is 298 g/mol. The van der Waals surface area contributed by atoms with Gasteiger partial charge in [0.05, 0.1) is 17.8 Å². The van der Waals surface area contributed by atoms with Crippen LogP contribution in [0.3, 0.4) is 0 Å². The van der Waals surface area contributed by atoms with Crippen LogP contribution in [-0.4, -0.2) is 20.7 Å². The highest BCUT2D eigenvalue weighted by atomic mass is 32.1. The normalized spacial score (nSPS) is 10.5. The van der Waals surface area contributed by atoms with Crippen molar-refractivity contribution in [1.29, 1.82) is 0 Å². The summed E-state index contributed by atoms with van der Waals surface area (Å²) < 4.78 is 1.78. The maximum atomic E-state index is 11.9. The summed E-state index contributed by atoms with van der Waals surface area (Å²) in [5, 5.41) is 9.53. The first-order valence-corrected chi connectivity index (χ1v) is 7.39. The number of nitrogens with zero attached hydrogens (tertiary/aromatic N) is 3. The zero-order chi connectivity index (χ0) is 14.7. The number of aromatic nitrogens is 3. The first-order chi connectivity index (χ1) is 10.2. The second kappa shape index (κ2) is 5.88. The molecule has 0 saturated carbocycles. The Balaban J connectivity index is 1.63. The molecule has 0 atom stereocenters. The summed E-state index contributed by atoms with van der Waals surface area (Å²) in [6, 6.07) is 9.64. The number of carbonyl (C=O) groups excluding carboxylic acids is 1. The number of rotatable bonds is 4. The lowest BCUT2D eigenvalue weighted by Crippen LogP contribution is -2.14. The molecule has 1 N–H and O–H groups in total. The fraction of sp³-hybridized carbons (Fsp3) is 0.133. The van der Waals surface area contributed by atoms with Crippen LogP contribution in [0.15, 0.2) is 48.1 Å². The van der Waals surface area contributed by atoms with Crippen LogP contribution in [0.25, 0.3) is 5.69 Å². The molecule has 1 amide bonds. The van der Waals surface area contributed by atoms with Crippen LogP contribution in [0.2, 0.25) is 0 Å². The second-order valence-corrected chi connectivity index (χ2v) is 5.49. The van der Waals surface area contributed by atoms with E-state index in [1.165, 1.54) is 11.3 Å². The number of amides is 1. The van der Waals surface area contributed by atoms with Gasteiger partial charge < -0.3 is 5.32 Å². The third kappa shape index (κ3) is 3.35. The first kappa shape index (κ1) is 13.5. The smallest absolute Gasteiger partial charge is 0.230 e. The van der Waals surface area contributed by atoms with Crippen molar-refractivity contribution in [3.05, 3.63) is 59.4 Å². The summed E-state index contributed by atoms with van der Waals surface area (Å²) in [5.41, 5.74) is 2.84. The molecule has 0 saturated heterocycles. The summed E-state index contributed by atoms with van der Waals surface area (Å²) in [4.78, 5) is 16.2. The molecule has 0 aliphatic heterocycles. The van der Waals surface area contributed by atoms with Crippen LogP contribution in [0, 0.1) is 6.92 Å². The molecule has 0 unspecified atom stereocenters. The average Bonchev–Trinajstić information content (AvgIpc) is 3.11. The number of carbonyl (C=O) groups is 1. The van der Waals surface area contributed by atoms with Gasteiger partial charge >= 0.3 is 0 Å². The van der Waals surface area contributed by atoms with Crippen molar-refractivity contribution in [2.24, 2.45) is 0 Å². The third-order valence-corrected chi connectivity index (χ3v) is 3.81. The fourth-order valence-corrected chi connectivity index (χ4v) is 2.65. The van der Waals surface area contributed by atoms with Gasteiger partial charge in [-0.05, 0) is 30.7 Å². The van der Waals surface area contributed by atoms with Gasteiger partial charge in [0.15, 0.2) is 5.13 Å². The molecule has 0 spiro atoms. The number of aryl methyl sites for hydroxylation is 1. The second-order valence-electron chi connectivity index (χ2n) is 4.64. The lowest BCUT2D eigenvalue weighted by molar-refractivity contribution is -0.115. The van der Waals surface area contributed by atoms with Gasteiger partial charge in [-0.2, -0.15) is 5.10 Å². The largest absolute Gasteiger partial charge is 0.302 e. The van der Waals surface area contributed by atoms with E-state index in [1.54, 1.807) is 10.9 Å². The predicted molar refractivity (Wildman–Crippen MR) is 82.7 cm³/mol. The van der Waals surface area contributed by atoms with E-state index in [4.69, 9.17) is 0 Å². The molecule has 0 radical (unpaired) electrons. The van der Waals surface area contributed by atoms with Crippen molar-refractivity contribution in [3.8, 4) is 5.69 Å². The van der Waals surface area contributed by atoms with E-state index in [-0.39, 0.29) is 5.91 Å². The van der Waals surface area contributed by atoms with Gasteiger partial charge in [0.1, 0.15) is 0 Å². The predicted octanol–water partition coefficient (Wildman–Crippen LogP) is 2.82. The highest BCUT2D eigenvalue weighted by Gasteiger charge is 2.07. The molecule has 1 aromatic carbocycles. The summed E-state index contributed by atoms with van der Waals surface area (Å²) in [6.07, 6.45) is 3.95. The lowest BCUT2D eigenvalue weighted by Gasteiger charge is -2.04. The molecule has 0 aliphatic carbocycles. The minimum Gasteiger partial charge on any atom is -0.302 e. The molecule has 21 heavy (non-hydrogen) atoms. The molecule has 5 nitrogen and oxygen atoms in total. The molecule has 3 aromatic rings. The van der Waals surface area contributed by atoms with Gasteiger partial charge in [0.2, 0.25) is 5.91 Å². The molecular formula is C15H14N4OS. The topological polar surface area (TPSA) is 59.8 Å². The van der Waals surface area contributed by atoms with E-state index in [0.717, 1.165) is 16.9 Å². The zero-order valence-corrected chi connectivity index (χ0v) is 12.3. The molecule has 0 fully saturated rings. The minimum atomic E-state index is -0.0591. The quantitative estimate of drug-likeness (QED) is 0.805. The van der Waals surface area contributed by atoms with Crippen LogP contribution in [0.1, 0.15) is 11.3 Å². The maximum Gasteiger partial charge on any atom is 0.230 e. The SMILES string of the molecule is Cc1csc(NC(=O)Cc2ccc(-n3cccn3)cc2)n1. The van der Waals surface area contributed by atoms with Crippen molar-refractivity contribution in [3.63, 3.8) is 0 Å². The van der Waals surface area contributed by atoms with Crippen LogP contribution in [0.4, 0.5) is 5.13 Å². The van der Waals surface area contributed by atoms with E-state index >= 15 is 0 Å². The summed E-state index contributed by atoms with van der Waals surface area (Å²) in [5.74, 6) is -0.0591. The molecule has 3 rings (SSSR count). The summed E-state index contributed by atoms with van der Waals surface area (Å²) in [6.45, 7) is 1.90.